The molecule has 0 spiro atoms. The number of hydrogen-bond donors (Lipinski definition) is 3. The molecule has 1 saturated heterocycles. The maximum absolute atomic E-state index is 12.8. The van der Waals surface area contributed by atoms with Crippen LogP contribution in [0.2, 0.25) is 0 Å². The minimum atomic E-state index is -0.0518. The first-order valence-corrected chi connectivity index (χ1v) is 9.90. The summed E-state index contributed by atoms with van der Waals surface area (Å²) in [7, 11) is 1.91. The fraction of sp³-hybridized carbons (Fsp3) is 0.524. The molecular formula is C21H33N5O+2. The fourth-order valence-electron chi connectivity index (χ4n) is 3.98. The van der Waals surface area contributed by atoms with Crippen LogP contribution in [0.15, 0.2) is 24.3 Å². The topological polar surface area (TPSA) is 55.8 Å². The maximum atomic E-state index is 12.8. The first-order chi connectivity index (χ1) is 12.9. The summed E-state index contributed by atoms with van der Waals surface area (Å²) in [6.45, 7) is 13.5. The number of nitrogens with one attached hydrogen (secondary N) is 3. The van der Waals surface area contributed by atoms with Crippen LogP contribution in [0.3, 0.4) is 0 Å². The van der Waals surface area contributed by atoms with Gasteiger partial charge in [0, 0.05) is 12.6 Å². The van der Waals surface area contributed by atoms with Crippen molar-refractivity contribution in [3.63, 3.8) is 0 Å². The van der Waals surface area contributed by atoms with Crippen molar-refractivity contribution >= 4 is 11.6 Å². The van der Waals surface area contributed by atoms with Gasteiger partial charge in [0.15, 0.2) is 6.04 Å². The number of anilines is 1. The van der Waals surface area contributed by atoms with Gasteiger partial charge in [-0.15, -0.1) is 0 Å². The number of aryl methyl sites for hydroxylation is 3. The number of carbonyl (C=O) groups is 1. The molecule has 1 aliphatic rings. The zero-order chi connectivity index (χ0) is 19.6. The SMILES string of the molecule is Cc1ccccc1C[NH+]1CC[NH+]([C@H](C)C(=O)Nc2c(C)nn(C)c2C)CC1. The lowest BCUT2D eigenvalue weighted by atomic mass is 10.1. The minimum Gasteiger partial charge on any atom is -0.322 e. The average molecular weight is 372 g/mol. The second kappa shape index (κ2) is 8.23. The molecule has 1 aromatic heterocycles. The number of carbonyl (C=O) groups excluding carboxylic acids is 1. The second-order valence-corrected chi connectivity index (χ2v) is 7.89. The van der Waals surface area contributed by atoms with Crippen molar-refractivity contribution < 1.29 is 14.6 Å². The summed E-state index contributed by atoms with van der Waals surface area (Å²) in [4.78, 5) is 15.8. The van der Waals surface area contributed by atoms with Gasteiger partial charge in [0.25, 0.3) is 5.91 Å². The molecule has 0 saturated carbocycles. The van der Waals surface area contributed by atoms with E-state index in [0.29, 0.717) is 0 Å². The average Bonchev–Trinajstić information content (AvgIpc) is 2.89. The Labute approximate surface area is 162 Å². The van der Waals surface area contributed by atoms with Crippen LogP contribution >= 0.6 is 0 Å². The highest BCUT2D eigenvalue weighted by Gasteiger charge is 2.31. The molecule has 27 heavy (non-hydrogen) atoms. The standard InChI is InChI=1S/C21H31N5O/c1-15-8-6-7-9-19(15)14-25-10-12-26(13-11-25)18(4)21(27)22-20-16(2)23-24(5)17(20)3/h6-9,18H,10-14H2,1-5H3,(H,22,27)/p+2/t18-/m1/s1. The van der Waals surface area contributed by atoms with E-state index in [0.717, 1.165) is 49.8 Å². The predicted molar refractivity (Wildman–Crippen MR) is 107 cm³/mol. The van der Waals surface area contributed by atoms with Crippen molar-refractivity contribution in [2.24, 2.45) is 7.05 Å². The van der Waals surface area contributed by atoms with E-state index in [4.69, 9.17) is 0 Å². The smallest absolute Gasteiger partial charge is 0.282 e. The molecule has 1 atom stereocenters. The molecule has 0 unspecified atom stereocenters. The molecule has 1 aromatic carbocycles. The van der Waals surface area contributed by atoms with E-state index in [9.17, 15) is 4.79 Å². The van der Waals surface area contributed by atoms with Gasteiger partial charge < -0.3 is 15.1 Å². The highest BCUT2D eigenvalue weighted by molar-refractivity contribution is 5.94. The van der Waals surface area contributed by atoms with Crippen LogP contribution < -0.4 is 15.1 Å². The van der Waals surface area contributed by atoms with E-state index < -0.39 is 0 Å². The molecule has 0 radical (unpaired) electrons. The molecule has 0 aliphatic carbocycles. The summed E-state index contributed by atoms with van der Waals surface area (Å²) < 4.78 is 1.82. The van der Waals surface area contributed by atoms with E-state index in [-0.39, 0.29) is 11.9 Å². The third-order valence-electron chi connectivity index (χ3n) is 6.06. The Balaban J connectivity index is 1.54. The van der Waals surface area contributed by atoms with Gasteiger partial charge in [0.05, 0.1) is 17.1 Å². The lowest BCUT2D eigenvalue weighted by Gasteiger charge is -2.32. The van der Waals surface area contributed by atoms with Gasteiger partial charge in [-0.1, -0.05) is 24.3 Å². The van der Waals surface area contributed by atoms with Crippen molar-refractivity contribution in [3.05, 3.63) is 46.8 Å². The highest BCUT2D eigenvalue weighted by Crippen LogP contribution is 2.18. The number of rotatable bonds is 5. The largest absolute Gasteiger partial charge is 0.322 e. The molecule has 2 aromatic rings. The van der Waals surface area contributed by atoms with Gasteiger partial charge in [0.2, 0.25) is 0 Å². The summed E-state index contributed by atoms with van der Waals surface area (Å²) in [6.07, 6.45) is 0. The van der Waals surface area contributed by atoms with Crippen LogP contribution in [-0.4, -0.2) is 47.9 Å². The summed E-state index contributed by atoms with van der Waals surface area (Å²) in [6, 6.07) is 8.59. The number of piperazine rings is 1. The van der Waals surface area contributed by atoms with Crippen LogP contribution in [0, 0.1) is 20.8 Å². The zero-order valence-electron chi connectivity index (χ0n) is 17.2. The van der Waals surface area contributed by atoms with E-state index in [2.05, 4.69) is 41.6 Å². The van der Waals surface area contributed by atoms with E-state index >= 15 is 0 Å². The first kappa shape index (κ1) is 19.6. The molecule has 6 nitrogen and oxygen atoms in total. The number of amides is 1. The van der Waals surface area contributed by atoms with Crippen molar-refractivity contribution in [2.45, 2.75) is 40.3 Å². The highest BCUT2D eigenvalue weighted by atomic mass is 16.2. The Morgan fingerprint density at radius 2 is 1.85 bits per heavy atom. The Kier molecular flexibility index (Phi) is 5.97. The summed E-state index contributed by atoms with van der Waals surface area (Å²) in [5, 5.41) is 7.49. The Bertz CT molecular complexity index is 805. The Hall–Kier alpha value is -2.18. The third-order valence-corrected chi connectivity index (χ3v) is 6.06. The van der Waals surface area contributed by atoms with Crippen LogP contribution in [0.1, 0.15) is 29.4 Å². The number of nitrogens with zero attached hydrogens (tertiary/aromatic N) is 2. The number of hydrogen-bond acceptors (Lipinski definition) is 2. The van der Waals surface area contributed by atoms with Gasteiger partial charge in [-0.2, -0.15) is 5.10 Å². The second-order valence-electron chi connectivity index (χ2n) is 7.89. The van der Waals surface area contributed by atoms with E-state index in [1.54, 1.807) is 4.90 Å². The predicted octanol–water partition coefficient (Wildman–Crippen LogP) is -0.344. The quantitative estimate of drug-likeness (QED) is 0.673. The fourth-order valence-corrected chi connectivity index (χ4v) is 3.98. The van der Waals surface area contributed by atoms with E-state index in [1.807, 2.05) is 32.5 Å². The molecule has 1 aliphatic heterocycles. The monoisotopic (exact) mass is 371 g/mol. The molecule has 0 bridgehead atoms. The zero-order valence-corrected chi connectivity index (χ0v) is 17.2. The number of benzene rings is 1. The van der Waals surface area contributed by atoms with Gasteiger partial charge >= 0.3 is 0 Å². The molecule has 2 heterocycles. The van der Waals surface area contributed by atoms with Gasteiger partial charge in [-0.05, 0) is 33.3 Å². The summed E-state index contributed by atoms with van der Waals surface area (Å²) >= 11 is 0. The minimum absolute atomic E-state index is 0.0518. The maximum Gasteiger partial charge on any atom is 0.282 e. The third kappa shape index (κ3) is 4.39. The van der Waals surface area contributed by atoms with Gasteiger partial charge in [0.1, 0.15) is 32.7 Å². The molecule has 3 rings (SSSR count). The number of aromatic nitrogens is 2. The van der Waals surface area contributed by atoms with Crippen LogP contribution in [-0.2, 0) is 18.4 Å². The molecular weight excluding hydrogens is 338 g/mol. The molecule has 3 N–H and O–H groups in total. The number of quaternary nitrogens is 2. The van der Waals surface area contributed by atoms with Crippen molar-refractivity contribution in [1.82, 2.24) is 9.78 Å². The van der Waals surface area contributed by atoms with Crippen LogP contribution in [0.5, 0.6) is 0 Å². The lowest BCUT2D eigenvalue weighted by molar-refractivity contribution is -1.02. The Morgan fingerprint density at radius 1 is 1.19 bits per heavy atom. The van der Waals surface area contributed by atoms with Crippen LogP contribution in [0.25, 0.3) is 0 Å². The van der Waals surface area contributed by atoms with E-state index in [1.165, 1.54) is 16.0 Å². The van der Waals surface area contributed by atoms with Crippen molar-refractivity contribution in [2.75, 3.05) is 31.5 Å². The molecule has 6 heteroatoms. The molecule has 1 amide bonds. The van der Waals surface area contributed by atoms with Gasteiger partial charge in [-0.3, -0.25) is 9.48 Å². The molecule has 1 fully saturated rings. The Morgan fingerprint density at radius 3 is 2.44 bits per heavy atom. The summed E-state index contributed by atoms with van der Waals surface area (Å²) in [5.41, 5.74) is 5.53. The summed E-state index contributed by atoms with van der Waals surface area (Å²) in [5.74, 6) is 0.0894. The normalized spacial score (nSPS) is 21.1. The van der Waals surface area contributed by atoms with Crippen LogP contribution in [0.4, 0.5) is 5.69 Å². The molecule has 146 valence electrons. The van der Waals surface area contributed by atoms with Gasteiger partial charge in [-0.25, -0.2) is 0 Å². The van der Waals surface area contributed by atoms with Crippen molar-refractivity contribution in [3.8, 4) is 0 Å². The first-order valence-electron chi connectivity index (χ1n) is 9.90. The lowest BCUT2D eigenvalue weighted by Crippen LogP contribution is -3.29. The van der Waals surface area contributed by atoms with Crippen molar-refractivity contribution in [1.29, 1.82) is 0 Å².